The average molecular weight is 415 g/mol. The summed E-state index contributed by atoms with van der Waals surface area (Å²) < 4.78 is 16.8. The second-order valence-corrected chi connectivity index (χ2v) is 9.02. The molecule has 1 amide bonds. The molecule has 2 aliphatic rings. The first-order chi connectivity index (χ1) is 13.8. The molecule has 1 fully saturated rings. The van der Waals surface area contributed by atoms with Crippen molar-refractivity contribution in [3.63, 3.8) is 0 Å². The van der Waals surface area contributed by atoms with Gasteiger partial charge in [-0.25, -0.2) is 4.79 Å². The van der Waals surface area contributed by atoms with Crippen molar-refractivity contribution in [1.29, 1.82) is 0 Å². The number of hydrogen-bond acceptors (Lipinski definition) is 7. The van der Waals surface area contributed by atoms with Gasteiger partial charge < -0.3 is 13.9 Å². The van der Waals surface area contributed by atoms with Crippen molar-refractivity contribution in [2.24, 2.45) is 0 Å². The molecule has 0 saturated carbocycles. The molecular weight excluding hydrogens is 394 g/mol. The molecule has 8 heteroatoms. The molecule has 2 aromatic rings. The molecule has 0 bridgehead atoms. The van der Waals surface area contributed by atoms with Crippen molar-refractivity contribution >= 4 is 34.9 Å². The molecule has 0 radical (unpaired) electrons. The van der Waals surface area contributed by atoms with Crippen LogP contribution in [0.2, 0.25) is 0 Å². The summed E-state index contributed by atoms with van der Waals surface area (Å²) in [5, 5.41) is 0.595. The summed E-state index contributed by atoms with van der Waals surface area (Å²) in [5.74, 6) is 0.875. The van der Waals surface area contributed by atoms with Gasteiger partial charge in [0.05, 0.1) is 11.3 Å². The van der Waals surface area contributed by atoms with E-state index in [9.17, 15) is 14.4 Å². The van der Waals surface area contributed by atoms with E-state index in [4.69, 9.17) is 13.9 Å². The molecule has 29 heavy (non-hydrogen) atoms. The fourth-order valence-corrected chi connectivity index (χ4v) is 4.65. The van der Waals surface area contributed by atoms with Crippen LogP contribution in [0.4, 0.5) is 0 Å². The Kier molecular flexibility index (Phi) is 5.00. The normalized spacial score (nSPS) is 21.8. The van der Waals surface area contributed by atoms with Gasteiger partial charge in [0.2, 0.25) is 0 Å². The predicted molar refractivity (Wildman–Crippen MR) is 109 cm³/mol. The quantitative estimate of drug-likeness (QED) is 0.422. The van der Waals surface area contributed by atoms with Crippen molar-refractivity contribution in [2.75, 3.05) is 12.4 Å². The molecule has 4 rings (SSSR count). The first-order valence-electron chi connectivity index (χ1n) is 9.23. The summed E-state index contributed by atoms with van der Waals surface area (Å²) in [4.78, 5) is 37.2. The number of carbonyl (C=O) groups excluding carboxylic acids is 2. The minimum atomic E-state index is -0.541. The second kappa shape index (κ2) is 7.35. The van der Waals surface area contributed by atoms with Gasteiger partial charge in [-0.1, -0.05) is 0 Å². The number of allylic oxidation sites excluding steroid dienone is 1. The van der Waals surface area contributed by atoms with Crippen LogP contribution in [0.5, 0.6) is 5.75 Å². The molecule has 3 heterocycles. The number of benzene rings is 1. The van der Waals surface area contributed by atoms with Crippen LogP contribution in [0.3, 0.4) is 0 Å². The maximum absolute atomic E-state index is 12.6. The Balaban J connectivity index is 1.50. The third-order valence-corrected chi connectivity index (χ3v) is 5.96. The molecular formula is C21H21NO6S. The smallest absolute Gasteiger partial charge is 0.336 e. The lowest BCUT2D eigenvalue weighted by molar-refractivity contribution is -0.176. The Morgan fingerprint density at radius 1 is 1.24 bits per heavy atom. The number of β-lactam (4-membered cyclic amide) rings is 1. The molecule has 7 nitrogen and oxygen atoms in total. The van der Waals surface area contributed by atoms with Crippen LogP contribution in [0.25, 0.3) is 11.0 Å². The van der Waals surface area contributed by atoms with Crippen LogP contribution >= 0.6 is 11.8 Å². The minimum absolute atomic E-state index is 0.158. The molecule has 2 aliphatic heterocycles. The van der Waals surface area contributed by atoms with Gasteiger partial charge in [0.25, 0.3) is 5.91 Å². The Hall–Kier alpha value is -2.58. The van der Waals surface area contributed by atoms with E-state index in [1.807, 2.05) is 20.8 Å². The average Bonchev–Trinajstić information content (AvgIpc) is 2.68. The maximum Gasteiger partial charge on any atom is 0.336 e. The first-order valence-corrected chi connectivity index (χ1v) is 10.3. The molecule has 2 atom stereocenters. The van der Waals surface area contributed by atoms with Crippen molar-refractivity contribution in [3.8, 4) is 5.75 Å². The predicted octanol–water partition coefficient (Wildman–Crippen LogP) is 2.72. The zero-order chi connectivity index (χ0) is 20.8. The molecule has 0 aliphatic carbocycles. The highest BCUT2D eigenvalue weighted by atomic mass is 32.2. The van der Waals surface area contributed by atoms with Gasteiger partial charge in [-0.15, -0.1) is 11.8 Å². The number of nitrogens with zero attached hydrogens (tertiary/aromatic N) is 1. The summed E-state index contributed by atoms with van der Waals surface area (Å²) in [6.45, 7) is 5.86. The fourth-order valence-electron chi connectivity index (χ4n) is 3.33. The highest BCUT2D eigenvalue weighted by Gasteiger charge is 2.53. The number of carbonyl (C=O) groups is 2. The van der Waals surface area contributed by atoms with Crippen molar-refractivity contribution in [2.45, 2.75) is 37.9 Å². The summed E-state index contributed by atoms with van der Waals surface area (Å²) in [5.41, 5.74) is 0.640. The van der Waals surface area contributed by atoms with E-state index >= 15 is 0 Å². The molecule has 1 aromatic heterocycles. The van der Waals surface area contributed by atoms with Crippen LogP contribution < -0.4 is 10.4 Å². The van der Waals surface area contributed by atoms with Gasteiger partial charge in [-0.2, -0.15) is 0 Å². The zero-order valence-corrected chi connectivity index (χ0v) is 17.2. The van der Waals surface area contributed by atoms with Gasteiger partial charge in [-0.3, -0.25) is 14.5 Å². The summed E-state index contributed by atoms with van der Waals surface area (Å²) >= 11 is 1.56. The number of thioether (sulfide) groups is 1. The first kappa shape index (κ1) is 19.7. The topological polar surface area (TPSA) is 86.0 Å². The lowest BCUT2D eigenvalue weighted by Gasteiger charge is -2.50. The molecule has 0 unspecified atom stereocenters. The molecule has 1 aromatic carbocycles. The van der Waals surface area contributed by atoms with E-state index in [1.165, 1.54) is 11.0 Å². The highest BCUT2D eigenvalue weighted by molar-refractivity contribution is 8.00. The van der Waals surface area contributed by atoms with E-state index in [-0.39, 0.29) is 17.9 Å². The summed E-state index contributed by atoms with van der Waals surface area (Å²) in [7, 11) is 0. The maximum atomic E-state index is 12.6. The van der Waals surface area contributed by atoms with Gasteiger partial charge in [0, 0.05) is 28.8 Å². The van der Waals surface area contributed by atoms with Crippen LogP contribution in [0.1, 0.15) is 20.8 Å². The van der Waals surface area contributed by atoms with Crippen LogP contribution in [0, 0.1) is 0 Å². The highest BCUT2D eigenvalue weighted by Crippen LogP contribution is 2.42. The monoisotopic (exact) mass is 415 g/mol. The van der Waals surface area contributed by atoms with Crippen molar-refractivity contribution in [3.05, 3.63) is 52.0 Å². The van der Waals surface area contributed by atoms with E-state index in [0.29, 0.717) is 29.1 Å². The molecule has 152 valence electrons. The number of fused-ring (bicyclic) bond motifs is 2. The third-order valence-electron chi connectivity index (χ3n) is 4.64. The lowest BCUT2D eigenvalue weighted by atomic mass is 10.0. The second-order valence-electron chi connectivity index (χ2n) is 7.91. The van der Waals surface area contributed by atoms with Crippen molar-refractivity contribution in [1.82, 2.24) is 4.90 Å². The van der Waals surface area contributed by atoms with Gasteiger partial charge in [0.15, 0.2) is 12.4 Å². The van der Waals surface area contributed by atoms with Crippen molar-refractivity contribution < 1.29 is 23.5 Å². The van der Waals surface area contributed by atoms with E-state index in [2.05, 4.69) is 0 Å². The van der Waals surface area contributed by atoms with Crippen LogP contribution in [0.15, 0.2) is 50.8 Å². The standard InChI is InChI=1S/C21H21NO6S/c1-21(2,3)28-18-19(25)22-15(9-23)13(11-29-20(18)22)10-26-14-6-4-12-5-7-17(24)27-16(12)8-14/h4-9,18,20H,10-11H2,1-3H3/t18-,20+/m0/s1. The zero-order valence-electron chi connectivity index (χ0n) is 16.3. The Bertz CT molecular complexity index is 1070. The van der Waals surface area contributed by atoms with Gasteiger partial charge >= 0.3 is 5.63 Å². The molecule has 0 N–H and O–H groups in total. The van der Waals surface area contributed by atoms with E-state index in [1.54, 1.807) is 36.0 Å². The van der Waals surface area contributed by atoms with E-state index < -0.39 is 17.3 Å². The number of ether oxygens (including phenoxy) is 2. The van der Waals surface area contributed by atoms with Crippen LogP contribution in [-0.2, 0) is 14.3 Å². The van der Waals surface area contributed by atoms with E-state index in [0.717, 1.165) is 11.0 Å². The largest absolute Gasteiger partial charge is 0.489 e. The van der Waals surface area contributed by atoms with Gasteiger partial charge in [-0.05, 0) is 39.0 Å². The Morgan fingerprint density at radius 3 is 2.72 bits per heavy atom. The lowest BCUT2D eigenvalue weighted by Crippen LogP contribution is -2.66. The number of hydrogen-bond donors (Lipinski definition) is 0. The third kappa shape index (κ3) is 3.82. The number of aldehydes is 1. The Labute approximate surface area is 171 Å². The molecule has 0 spiro atoms. The van der Waals surface area contributed by atoms with Gasteiger partial charge in [0.1, 0.15) is 23.3 Å². The summed E-state index contributed by atoms with van der Waals surface area (Å²) in [6.07, 6.45) is 0.163. The minimum Gasteiger partial charge on any atom is -0.489 e. The SMILES string of the molecule is CC(C)(C)O[C@H]1C(=O)N2C(C=O)=C(COc3ccc4ccc(=O)oc4c3)CS[C@H]12. The number of amides is 1. The summed E-state index contributed by atoms with van der Waals surface area (Å²) in [6, 6.07) is 8.24. The molecule has 1 saturated heterocycles. The number of rotatable bonds is 5. The Morgan fingerprint density at radius 2 is 2.00 bits per heavy atom. The fraction of sp³-hybridized carbons (Fsp3) is 0.381. The van der Waals surface area contributed by atoms with Crippen LogP contribution in [-0.4, -0.2) is 46.5 Å².